The number of hydrogen-bond donors (Lipinski definition) is 2. The van der Waals surface area contributed by atoms with Crippen molar-refractivity contribution in [3.05, 3.63) is 52.8 Å². The molecule has 0 saturated heterocycles. The van der Waals surface area contributed by atoms with E-state index in [-0.39, 0.29) is 6.04 Å². The van der Waals surface area contributed by atoms with Gasteiger partial charge in [0.2, 0.25) is 0 Å². The number of nitrogens with zero attached hydrogens (tertiary/aromatic N) is 1. The highest BCUT2D eigenvalue weighted by Crippen LogP contribution is 2.38. The summed E-state index contributed by atoms with van der Waals surface area (Å²) in [6.07, 6.45) is 3.98. The van der Waals surface area contributed by atoms with Crippen LogP contribution in [0.2, 0.25) is 5.02 Å². The van der Waals surface area contributed by atoms with Crippen LogP contribution in [-0.4, -0.2) is 18.2 Å². The van der Waals surface area contributed by atoms with Crippen LogP contribution in [0.3, 0.4) is 0 Å². The van der Waals surface area contributed by atoms with Crippen LogP contribution in [-0.2, 0) is 6.42 Å². The average molecular weight is 306 g/mol. The fourth-order valence-electron chi connectivity index (χ4n) is 2.42. The van der Waals surface area contributed by atoms with Crippen LogP contribution in [0.25, 0.3) is 0 Å². The van der Waals surface area contributed by atoms with Crippen molar-refractivity contribution in [1.82, 2.24) is 10.4 Å². The molecule has 0 aliphatic carbocycles. The van der Waals surface area contributed by atoms with Gasteiger partial charge in [-0.3, -0.25) is 16.3 Å². The summed E-state index contributed by atoms with van der Waals surface area (Å²) in [6.45, 7) is 1.10. The van der Waals surface area contributed by atoms with Gasteiger partial charge in [0.25, 0.3) is 0 Å². The number of nitrogens with one attached hydrogen (secondary N) is 1. The third-order valence-electron chi connectivity index (χ3n) is 3.45. The standard InChI is InChI=1S/C15H16ClN3O2/c16-12-9-18-5-4-10(12)8-13(19-17)11-2-1-3-14-15(11)21-7-6-20-14/h1-5,9,13,19H,6-8,17H2. The number of aromatic nitrogens is 1. The lowest BCUT2D eigenvalue weighted by Gasteiger charge is -2.25. The number of hydrazine groups is 1. The molecule has 0 fully saturated rings. The zero-order valence-corrected chi connectivity index (χ0v) is 12.1. The van der Waals surface area contributed by atoms with Gasteiger partial charge in [0.1, 0.15) is 13.2 Å². The van der Waals surface area contributed by atoms with E-state index in [2.05, 4.69) is 10.4 Å². The molecule has 1 aromatic heterocycles. The number of halogens is 1. The first kappa shape index (κ1) is 14.1. The highest BCUT2D eigenvalue weighted by Gasteiger charge is 2.22. The predicted octanol–water partition coefficient (Wildman–Crippen LogP) is 2.25. The number of para-hydroxylation sites is 1. The molecular formula is C15H16ClN3O2. The Balaban J connectivity index is 1.92. The fourth-order valence-corrected chi connectivity index (χ4v) is 2.62. The molecule has 1 unspecified atom stereocenters. The van der Waals surface area contributed by atoms with E-state index in [1.165, 1.54) is 0 Å². The molecule has 3 rings (SSSR count). The van der Waals surface area contributed by atoms with Crippen molar-refractivity contribution in [3.8, 4) is 11.5 Å². The van der Waals surface area contributed by atoms with Gasteiger partial charge < -0.3 is 9.47 Å². The maximum atomic E-state index is 6.17. The first-order valence-electron chi connectivity index (χ1n) is 6.72. The third-order valence-corrected chi connectivity index (χ3v) is 3.79. The van der Waals surface area contributed by atoms with Crippen molar-refractivity contribution >= 4 is 11.6 Å². The van der Waals surface area contributed by atoms with E-state index < -0.39 is 0 Å². The van der Waals surface area contributed by atoms with E-state index in [1.807, 2.05) is 24.3 Å². The minimum Gasteiger partial charge on any atom is -0.486 e. The average Bonchev–Trinajstić information content (AvgIpc) is 2.54. The molecule has 0 bridgehead atoms. The van der Waals surface area contributed by atoms with Crippen LogP contribution < -0.4 is 20.7 Å². The minimum atomic E-state index is -0.124. The lowest BCUT2D eigenvalue weighted by Crippen LogP contribution is -2.30. The molecule has 2 heterocycles. The minimum absolute atomic E-state index is 0.124. The summed E-state index contributed by atoms with van der Waals surface area (Å²) in [5, 5.41) is 0.625. The highest BCUT2D eigenvalue weighted by atomic mass is 35.5. The Hall–Kier alpha value is -1.82. The fraction of sp³-hybridized carbons (Fsp3) is 0.267. The summed E-state index contributed by atoms with van der Waals surface area (Å²) >= 11 is 6.17. The Morgan fingerprint density at radius 1 is 1.29 bits per heavy atom. The molecule has 0 saturated carbocycles. The van der Waals surface area contributed by atoms with Gasteiger partial charge in [0.15, 0.2) is 11.5 Å². The molecule has 1 atom stereocenters. The lowest BCUT2D eigenvalue weighted by molar-refractivity contribution is 0.168. The SMILES string of the molecule is NNC(Cc1ccncc1Cl)c1cccc2c1OCCO2. The zero-order chi connectivity index (χ0) is 14.7. The van der Waals surface area contributed by atoms with E-state index in [4.69, 9.17) is 26.9 Å². The molecule has 110 valence electrons. The van der Waals surface area contributed by atoms with Crippen molar-refractivity contribution in [2.24, 2.45) is 5.84 Å². The van der Waals surface area contributed by atoms with E-state index in [9.17, 15) is 0 Å². The second kappa shape index (κ2) is 6.30. The van der Waals surface area contributed by atoms with Crippen LogP contribution in [0.1, 0.15) is 17.2 Å². The quantitative estimate of drug-likeness (QED) is 0.670. The van der Waals surface area contributed by atoms with E-state index >= 15 is 0 Å². The van der Waals surface area contributed by atoms with Crippen LogP contribution in [0, 0.1) is 0 Å². The normalized spacial score (nSPS) is 14.8. The van der Waals surface area contributed by atoms with Crippen LogP contribution in [0.4, 0.5) is 0 Å². The molecule has 1 aromatic carbocycles. The molecule has 0 amide bonds. The third kappa shape index (κ3) is 2.95. The molecule has 21 heavy (non-hydrogen) atoms. The number of pyridine rings is 1. The van der Waals surface area contributed by atoms with Crippen LogP contribution in [0.5, 0.6) is 11.5 Å². The number of benzene rings is 1. The van der Waals surface area contributed by atoms with E-state index in [1.54, 1.807) is 12.4 Å². The van der Waals surface area contributed by atoms with Crippen molar-refractivity contribution in [1.29, 1.82) is 0 Å². The number of fused-ring (bicyclic) bond motifs is 1. The smallest absolute Gasteiger partial charge is 0.166 e. The highest BCUT2D eigenvalue weighted by molar-refractivity contribution is 6.31. The van der Waals surface area contributed by atoms with Gasteiger partial charge >= 0.3 is 0 Å². The largest absolute Gasteiger partial charge is 0.486 e. The summed E-state index contributed by atoms with van der Waals surface area (Å²) in [7, 11) is 0. The molecule has 6 heteroatoms. The van der Waals surface area contributed by atoms with Gasteiger partial charge in [-0.05, 0) is 24.1 Å². The Morgan fingerprint density at radius 2 is 2.14 bits per heavy atom. The first-order valence-corrected chi connectivity index (χ1v) is 7.10. The lowest BCUT2D eigenvalue weighted by atomic mass is 9.98. The Morgan fingerprint density at radius 3 is 2.95 bits per heavy atom. The topological polar surface area (TPSA) is 69.4 Å². The van der Waals surface area contributed by atoms with Gasteiger partial charge in [-0.1, -0.05) is 23.7 Å². The first-order chi connectivity index (χ1) is 10.3. The summed E-state index contributed by atoms with van der Waals surface area (Å²) in [4.78, 5) is 3.99. The van der Waals surface area contributed by atoms with Crippen molar-refractivity contribution in [2.75, 3.05) is 13.2 Å². The summed E-state index contributed by atoms with van der Waals surface area (Å²) in [6, 6.07) is 7.57. The second-order valence-corrected chi connectivity index (χ2v) is 5.17. The molecule has 3 N–H and O–H groups in total. The predicted molar refractivity (Wildman–Crippen MR) is 80.4 cm³/mol. The maximum absolute atomic E-state index is 6.17. The molecule has 0 spiro atoms. The number of ether oxygens (including phenoxy) is 2. The number of hydrogen-bond acceptors (Lipinski definition) is 5. The monoisotopic (exact) mass is 305 g/mol. The van der Waals surface area contributed by atoms with Gasteiger partial charge in [0, 0.05) is 18.0 Å². The van der Waals surface area contributed by atoms with Crippen LogP contribution >= 0.6 is 11.6 Å². The molecular weight excluding hydrogens is 290 g/mol. The van der Waals surface area contributed by atoms with Gasteiger partial charge in [-0.25, -0.2) is 0 Å². The Labute approximate surface area is 128 Å². The number of rotatable bonds is 4. The van der Waals surface area contributed by atoms with Gasteiger partial charge in [-0.15, -0.1) is 0 Å². The zero-order valence-electron chi connectivity index (χ0n) is 11.4. The Bertz CT molecular complexity index is 636. The van der Waals surface area contributed by atoms with Gasteiger partial charge in [-0.2, -0.15) is 0 Å². The summed E-state index contributed by atoms with van der Waals surface area (Å²) < 4.78 is 11.3. The molecule has 2 aromatic rings. The van der Waals surface area contributed by atoms with Crippen molar-refractivity contribution in [3.63, 3.8) is 0 Å². The Kier molecular flexibility index (Phi) is 4.24. The van der Waals surface area contributed by atoms with E-state index in [0.717, 1.165) is 22.6 Å². The van der Waals surface area contributed by atoms with Gasteiger partial charge in [0.05, 0.1) is 11.1 Å². The number of nitrogens with two attached hydrogens (primary N) is 1. The van der Waals surface area contributed by atoms with Crippen LogP contribution in [0.15, 0.2) is 36.7 Å². The second-order valence-electron chi connectivity index (χ2n) is 4.76. The maximum Gasteiger partial charge on any atom is 0.166 e. The molecule has 1 aliphatic heterocycles. The van der Waals surface area contributed by atoms with Crippen molar-refractivity contribution < 1.29 is 9.47 Å². The molecule has 1 aliphatic rings. The van der Waals surface area contributed by atoms with E-state index in [0.29, 0.717) is 24.7 Å². The molecule has 5 nitrogen and oxygen atoms in total. The summed E-state index contributed by atoms with van der Waals surface area (Å²) in [5.74, 6) is 7.23. The van der Waals surface area contributed by atoms with Crippen molar-refractivity contribution in [2.45, 2.75) is 12.5 Å². The summed E-state index contributed by atoms with van der Waals surface area (Å²) in [5.41, 5.74) is 4.77. The molecule has 0 radical (unpaired) electrons.